The molecule has 0 bridgehead atoms. The molecule has 0 aliphatic carbocycles. The predicted molar refractivity (Wildman–Crippen MR) is 43.3 cm³/mol. The number of hydrogen-bond acceptors (Lipinski definition) is 0. The first-order valence-electron chi connectivity index (χ1n) is 3.67. The van der Waals surface area contributed by atoms with Crippen molar-refractivity contribution in [2.24, 2.45) is 0 Å². The van der Waals surface area contributed by atoms with Crippen molar-refractivity contribution in [2.45, 2.75) is 40.0 Å². The molecule has 0 aromatic rings. The van der Waals surface area contributed by atoms with Crippen molar-refractivity contribution in [3.05, 3.63) is 18.1 Å². The Morgan fingerprint density at radius 1 is 1.33 bits per heavy atom. The summed E-state index contributed by atoms with van der Waals surface area (Å²) in [6, 6.07) is 0. The van der Waals surface area contributed by atoms with Gasteiger partial charge in [-0.15, -0.1) is 0 Å². The normalized spacial score (nSPS) is 11.6. The molecule has 53 valence electrons. The van der Waals surface area contributed by atoms with Crippen LogP contribution < -0.4 is 0 Å². The summed E-state index contributed by atoms with van der Waals surface area (Å²) in [5.74, 6) is 1.54. The molecule has 0 spiro atoms. The van der Waals surface area contributed by atoms with E-state index in [4.69, 9.17) is 0 Å². The first-order chi connectivity index (χ1) is 4.27. The topological polar surface area (TPSA) is 0 Å². The number of hydrogen-bond donors (Lipinski definition) is 0. The molecule has 0 saturated heterocycles. The van der Waals surface area contributed by atoms with Crippen LogP contribution >= 0.6 is 0 Å². The van der Waals surface area contributed by atoms with Crippen molar-refractivity contribution in [3.63, 3.8) is 0 Å². The molecule has 0 saturated carbocycles. The summed E-state index contributed by atoms with van der Waals surface area (Å²) in [6.45, 7) is 6.45. The monoisotopic (exact) mass is 125 g/mol. The van der Waals surface area contributed by atoms with Crippen molar-refractivity contribution in [2.75, 3.05) is 0 Å². The molecule has 0 fully saturated rings. The predicted octanol–water partition coefficient (Wildman–Crippen LogP) is 3.35. The van der Waals surface area contributed by atoms with Gasteiger partial charge in [-0.3, -0.25) is 0 Å². The zero-order valence-corrected chi connectivity index (χ0v) is 6.78. The van der Waals surface area contributed by atoms with E-state index >= 15 is 0 Å². The van der Waals surface area contributed by atoms with E-state index in [2.05, 4.69) is 32.9 Å². The van der Waals surface area contributed by atoms with Crippen molar-refractivity contribution < 1.29 is 0 Å². The van der Waals surface area contributed by atoms with Gasteiger partial charge in [-0.25, -0.2) is 0 Å². The highest BCUT2D eigenvalue weighted by molar-refractivity contribution is 4.81. The highest BCUT2D eigenvalue weighted by atomic mass is 14.0. The van der Waals surface area contributed by atoms with Crippen LogP contribution in [0, 0.1) is 5.92 Å². The lowest BCUT2D eigenvalue weighted by Gasteiger charge is -1.99. The molecule has 0 atom stereocenters. The summed E-state index contributed by atoms with van der Waals surface area (Å²) < 4.78 is 0. The van der Waals surface area contributed by atoms with Gasteiger partial charge in [0.05, 0.1) is 0 Å². The molecular formula is C9H17. The third-order valence-corrected chi connectivity index (χ3v) is 1.28. The van der Waals surface area contributed by atoms with E-state index in [-0.39, 0.29) is 0 Å². The fourth-order valence-electron chi connectivity index (χ4n) is 0.740. The highest BCUT2D eigenvalue weighted by Crippen LogP contribution is 2.07. The first-order valence-corrected chi connectivity index (χ1v) is 3.67. The van der Waals surface area contributed by atoms with Crippen molar-refractivity contribution in [1.29, 1.82) is 0 Å². The van der Waals surface area contributed by atoms with E-state index in [0.717, 1.165) is 0 Å². The van der Waals surface area contributed by atoms with Crippen LogP contribution in [0.1, 0.15) is 40.0 Å². The van der Waals surface area contributed by atoms with E-state index in [0.29, 0.717) is 0 Å². The molecule has 0 unspecified atom stereocenters. The Balaban J connectivity index is 2.91. The third kappa shape index (κ3) is 7.74. The van der Waals surface area contributed by atoms with Crippen LogP contribution in [0.15, 0.2) is 12.2 Å². The van der Waals surface area contributed by atoms with Gasteiger partial charge in [0.25, 0.3) is 0 Å². The average Bonchev–Trinajstić information content (AvgIpc) is 1.80. The molecule has 0 heteroatoms. The minimum atomic E-state index is 1.24. The number of allylic oxidation sites excluding steroid dienone is 2. The molecule has 0 aromatic heterocycles. The Bertz CT molecular complexity index is 70.1. The maximum absolute atomic E-state index is 2.23. The van der Waals surface area contributed by atoms with Crippen LogP contribution in [-0.2, 0) is 0 Å². The van der Waals surface area contributed by atoms with Gasteiger partial charge in [-0.2, -0.15) is 0 Å². The standard InChI is InChI=1S/C9H17/c1-4-5-6-7-8-9(2)3/h4-5H,6-8H2,1-3H3/b5-4+. The van der Waals surface area contributed by atoms with E-state index < -0.39 is 0 Å². The smallest absolute Gasteiger partial charge is 0.0303 e. The average molecular weight is 125 g/mol. The molecule has 0 aliphatic rings. The van der Waals surface area contributed by atoms with Crippen molar-refractivity contribution in [1.82, 2.24) is 0 Å². The second-order valence-corrected chi connectivity index (χ2v) is 2.67. The highest BCUT2D eigenvalue weighted by Gasteiger charge is 1.90. The summed E-state index contributed by atoms with van der Waals surface area (Å²) in [7, 11) is 0. The van der Waals surface area contributed by atoms with Crippen molar-refractivity contribution in [3.8, 4) is 0 Å². The van der Waals surface area contributed by atoms with E-state index in [9.17, 15) is 0 Å². The lowest BCUT2D eigenvalue weighted by atomic mass is 10.1. The Morgan fingerprint density at radius 3 is 2.44 bits per heavy atom. The third-order valence-electron chi connectivity index (χ3n) is 1.28. The fourth-order valence-corrected chi connectivity index (χ4v) is 0.740. The molecular weight excluding hydrogens is 108 g/mol. The van der Waals surface area contributed by atoms with Gasteiger partial charge in [0.1, 0.15) is 0 Å². The van der Waals surface area contributed by atoms with Crippen LogP contribution in [0.5, 0.6) is 0 Å². The first kappa shape index (κ1) is 8.74. The van der Waals surface area contributed by atoms with Crippen LogP contribution in [0.25, 0.3) is 0 Å². The van der Waals surface area contributed by atoms with Crippen molar-refractivity contribution >= 4 is 0 Å². The molecule has 0 heterocycles. The summed E-state index contributed by atoms with van der Waals surface area (Å²) in [6.07, 6.45) is 8.17. The molecule has 0 amide bonds. The second-order valence-electron chi connectivity index (χ2n) is 2.67. The van der Waals surface area contributed by atoms with Gasteiger partial charge in [0.2, 0.25) is 0 Å². The summed E-state index contributed by atoms with van der Waals surface area (Å²) in [4.78, 5) is 0. The minimum Gasteiger partial charge on any atom is -0.0917 e. The quantitative estimate of drug-likeness (QED) is 0.399. The van der Waals surface area contributed by atoms with Crippen LogP contribution in [0.2, 0.25) is 0 Å². The zero-order valence-electron chi connectivity index (χ0n) is 6.78. The summed E-state index contributed by atoms with van der Waals surface area (Å²) in [5.41, 5.74) is 0. The summed E-state index contributed by atoms with van der Waals surface area (Å²) >= 11 is 0. The van der Waals surface area contributed by atoms with Gasteiger partial charge in [-0.1, -0.05) is 26.0 Å². The van der Waals surface area contributed by atoms with Crippen LogP contribution in [0.3, 0.4) is 0 Å². The number of unbranched alkanes of at least 4 members (excludes halogenated alkanes) is 1. The Hall–Kier alpha value is -0.260. The van der Waals surface area contributed by atoms with Gasteiger partial charge >= 0.3 is 0 Å². The van der Waals surface area contributed by atoms with Gasteiger partial charge in [0.15, 0.2) is 0 Å². The van der Waals surface area contributed by atoms with Crippen LogP contribution in [0.4, 0.5) is 0 Å². The maximum atomic E-state index is 2.23. The minimum absolute atomic E-state index is 1.24. The Morgan fingerprint density at radius 2 is 2.00 bits per heavy atom. The van der Waals surface area contributed by atoms with Crippen LogP contribution in [-0.4, -0.2) is 0 Å². The lowest BCUT2D eigenvalue weighted by Crippen LogP contribution is -1.82. The van der Waals surface area contributed by atoms with Gasteiger partial charge < -0.3 is 0 Å². The number of rotatable bonds is 4. The SMILES string of the molecule is C/C=C/CCC[C](C)C. The molecule has 0 nitrogen and oxygen atoms in total. The van der Waals surface area contributed by atoms with Gasteiger partial charge in [-0.05, 0) is 32.1 Å². The second kappa shape index (κ2) is 5.87. The Kier molecular flexibility index (Phi) is 5.70. The summed E-state index contributed by atoms with van der Waals surface area (Å²) in [5, 5.41) is 0. The maximum Gasteiger partial charge on any atom is -0.0303 e. The lowest BCUT2D eigenvalue weighted by molar-refractivity contribution is 0.760. The molecule has 0 aliphatic heterocycles. The Labute approximate surface area is 59.0 Å². The van der Waals surface area contributed by atoms with E-state index in [1.807, 2.05) is 0 Å². The molecule has 9 heavy (non-hydrogen) atoms. The molecule has 0 N–H and O–H groups in total. The molecule has 0 rings (SSSR count). The molecule has 0 aromatic carbocycles. The van der Waals surface area contributed by atoms with E-state index in [1.54, 1.807) is 5.92 Å². The van der Waals surface area contributed by atoms with Gasteiger partial charge in [0, 0.05) is 0 Å². The van der Waals surface area contributed by atoms with E-state index in [1.165, 1.54) is 19.3 Å². The molecule has 1 radical (unpaired) electrons. The fraction of sp³-hybridized carbons (Fsp3) is 0.667. The largest absolute Gasteiger partial charge is 0.0917 e. The zero-order chi connectivity index (χ0) is 7.11.